The molecule has 0 spiro atoms. The lowest BCUT2D eigenvalue weighted by Crippen LogP contribution is -2.37. The van der Waals surface area contributed by atoms with Crippen molar-refractivity contribution >= 4 is 11.7 Å². The molecule has 0 saturated carbocycles. The predicted molar refractivity (Wildman–Crippen MR) is 74.0 cm³/mol. The molecule has 1 fully saturated rings. The van der Waals surface area contributed by atoms with E-state index in [-0.39, 0.29) is 5.91 Å². The summed E-state index contributed by atoms with van der Waals surface area (Å²) in [6.07, 6.45) is 3.34. The zero-order valence-corrected chi connectivity index (χ0v) is 11.5. The number of aromatic nitrogens is 1. The van der Waals surface area contributed by atoms with Crippen LogP contribution in [0.4, 0.5) is 5.82 Å². The molecule has 19 heavy (non-hydrogen) atoms. The highest BCUT2D eigenvalue weighted by Gasteiger charge is 2.19. The fourth-order valence-corrected chi connectivity index (χ4v) is 2.25. The molecule has 1 saturated heterocycles. The number of hydrogen-bond donors (Lipinski definition) is 1. The highest BCUT2D eigenvalue weighted by Crippen LogP contribution is 2.17. The number of aliphatic hydroxyl groups excluding tert-OH is 1. The number of hydrogen-bond acceptors (Lipinski definition) is 4. The minimum Gasteiger partial charge on any atom is -0.389 e. The van der Waals surface area contributed by atoms with Gasteiger partial charge in [-0.1, -0.05) is 0 Å². The molecule has 1 aromatic rings. The number of pyridine rings is 1. The zero-order chi connectivity index (χ0) is 13.8. The largest absolute Gasteiger partial charge is 0.389 e. The normalized spacial score (nSPS) is 16.5. The molecule has 0 aromatic carbocycles. The molecule has 104 valence electrons. The Labute approximate surface area is 113 Å². The van der Waals surface area contributed by atoms with Crippen molar-refractivity contribution in [1.82, 2.24) is 9.88 Å². The molecular weight excluding hydrogens is 242 g/mol. The van der Waals surface area contributed by atoms with Gasteiger partial charge in [0.05, 0.1) is 12.6 Å². The van der Waals surface area contributed by atoms with Crippen molar-refractivity contribution in [3.05, 3.63) is 23.9 Å². The predicted octanol–water partition coefficient (Wildman–Crippen LogP) is 1.19. The number of carbonyl (C=O) groups excluding carboxylic acids is 1. The first kappa shape index (κ1) is 13.8. The minimum absolute atomic E-state index is 0.143. The fraction of sp³-hybridized carbons (Fsp3) is 0.571. The Morgan fingerprint density at radius 2 is 2.21 bits per heavy atom. The Kier molecular flexibility index (Phi) is 4.37. The van der Waals surface area contributed by atoms with Crippen LogP contribution in [0.5, 0.6) is 0 Å². The Morgan fingerprint density at radius 3 is 2.84 bits per heavy atom. The third-order valence-electron chi connectivity index (χ3n) is 3.47. The topological polar surface area (TPSA) is 56.7 Å². The van der Waals surface area contributed by atoms with Gasteiger partial charge in [0.25, 0.3) is 0 Å². The van der Waals surface area contributed by atoms with E-state index in [1.807, 2.05) is 22.9 Å². The van der Waals surface area contributed by atoms with Gasteiger partial charge in [-0.3, -0.25) is 4.79 Å². The van der Waals surface area contributed by atoms with Gasteiger partial charge in [0.1, 0.15) is 5.82 Å². The van der Waals surface area contributed by atoms with Gasteiger partial charge in [0.15, 0.2) is 0 Å². The molecule has 1 aromatic heterocycles. The molecule has 0 bridgehead atoms. The SMILES string of the molecule is C[C@@H](O)c1ccnc(N(C)CC(=O)N2CCCC2)c1. The minimum atomic E-state index is -0.524. The molecule has 1 N–H and O–H groups in total. The third kappa shape index (κ3) is 3.44. The smallest absolute Gasteiger partial charge is 0.242 e. The highest BCUT2D eigenvalue weighted by atomic mass is 16.3. The van der Waals surface area contributed by atoms with Crippen molar-refractivity contribution in [1.29, 1.82) is 0 Å². The van der Waals surface area contributed by atoms with Crippen LogP contribution in [-0.4, -0.2) is 47.6 Å². The zero-order valence-electron chi connectivity index (χ0n) is 11.5. The van der Waals surface area contributed by atoms with Gasteiger partial charge in [0.2, 0.25) is 5.91 Å². The lowest BCUT2D eigenvalue weighted by atomic mass is 10.2. The van der Waals surface area contributed by atoms with E-state index in [2.05, 4.69) is 4.98 Å². The molecule has 0 aliphatic carbocycles. The molecule has 2 heterocycles. The summed E-state index contributed by atoms with van der Waals surface area (Å²) < 4.78 is 0. The number of rotatable bonds is 4. The second-order valence-corrected chi connectivity index (χ2v) is 5.07. The van der Waals surface area contributed by atoms with Gasteiger partial charge in [-0.2, -0.15) is 0 Å². The first-order valence-corrected chi connectivity index (χ1v) is 6.71. The summed E-state index contributed by atoms with van der Waals surface area (Å²) in [5.74, 6) is 0.857. The number of likely N-dealkylation sites (N-methyl/N-ethyl adjacent to an activating group) is 1. The molecule has 5 heteroatoms. The average molecular weight is 263 g/mol. The van der Waals surface area contributed by atoms with E-state index in [9.17, 15) is 9.90 Å². The average Bonchev–Trinajstić information content (AvgIpc) is 2.92. The lowest BCUT2D eigenvalue weighted by molar-refractivity contribution is -0.128. The maximum atomic E-state index is 12.1. The quantitative estimate of drug-likeness (QED) is 0.886. The summed E-state index contributed by atoms with van der Waals surface area (Å²) in [6, 6.07) is 3.60. The number of anilines is 1. The summed E-state index contributed by atoms with van der Waals surface area (Å²) in [6.45, 7) is 3.78. The maximum Gasteiger partial charge on any atom is 0.242 e. The molecule has 0 unspecified atom stereocenters. The van der Waals surface area contributed by atoms with E-state index in [0.29, 0.717) is 12.4 Å². The molecule has 1 amide bonds. The number of carbonyl (C=O) groups is 1. The summed E-state index contributed by atoms with van der Waals surface area (Å²) in [5.41, 5.74) is 0.811. The first-order valence-electron chi connectivity index (χ1n) is 6.71. The Hall–Kier alpha value is -1.62. The molecule has 1 aliphatic heterocycles. The molecule has 5 nitrogen and oxygen atoms in total. The van der Waals surface area contributed by atoms with E-state index >= 15 is 0 Å². The van der Waals surface area contributed by atoms with Crippen molar-refractivity contribution < 1.29 is 9.90 Å². The Balaban J connectivity index is 2.00. The molecule has 1 atom stereocenters. The van der Waals surface area contributed by atoms with Gasteiger partial charge in [-0.15, -0.1) is 0 Å². The van der Waals surface area contributed by atoms with Crippen LogP contribution in [0.3, 0.4) is 0 Å². The van der Waals surface area contributed by atoms with E-state index in [1.165, 1.54) is 0 Å². The van der Waals surface area contributed by atoms with Crippen LogP contribution in [0.2, 0.25) is 0 Å². The number of nitrogens with zero attached hydrogens (tertiary/aromatic N) is 3. The monoisotopic (exact) mass is 263 g/mol. The summed E-state index contributed by atoms with van der Waals surface area (Å²) >= 11 is 0. The second kappa shape index (κ2) is 6.02. The standard InChI is InChI=1S/C14H21N3O2/c1-11(18)12-5-6-15-13(9-12)16(2)10-14(19)17-7-3-4-8-17/h5-6,9,11,18H,3-4,7-8,10H2,1-2H3/t11-/m1/s1. The van der Waals surface area contributed by atoms with Crippen molar-refractivity contribution in [3.8, 4) is 0 Å². The highest BCUT2D eigenvalue weighted by molar-refractivity contribution is 5.81. The molecule has 2 rings (SSSR count). The summed E-state index contributed by atoms with van der Waals surface area (Å²) in [4.78, 5) is 20.0. The number of likely N-dealkylation sites (tertiary alicyclic amines) is 1. The molecule has 1 aliphatic rings. The third-order valence-corrected chi connectivity index (χ3v) is 3.47. The van der Waals surface area contributed by atoms with Crippen LogP contribution < -0.4 is 4.90 Å². The summed E-state index contributed by atoms with van der Waals surface area (Å²) in [5, 5.41) is 9.56. The lowest BCUT2D eigenvalue weighted by Gasteiger charge is -2.22. The van der Waals surface area contributed by atoms with Gasteiger partial charge in [-0.25, -0.2) is 4.98 Å². The van der Waals surface area contributed by atoms with E-state index in [1.54, 1.807) is 19.2 Å². The van der Waals surface area contributed by atoms with E-state index < -0.39 is 6.10 Å². The van der Waals surface area contributed by atoms with Crippen LogP contribution in [-0.2, 0) is 4.79 Å². The number of amides is 1. The van der Waals surface area contributed by atoms with Crippen LogP contribution >= 0.6 is 0 Å². The van der Waals surface area contributed by atoms with Gasteiger partial charge >= 0.3 is 0 Å². The van der Waals surface area contributed by atoms with Crippen LogP contribution in [0, 0.1) is 0 Å². The van der Waals surface area contributed by atoms with E-state index in [0.717, 1.165) is 31.5 Å². The molecule has 0 radical (unpaired) electrons. The van der Waals surface area contributed by atoms with Gasteiger partial charge < -0.3 is 14.9 Å². The van der Waals surface area contributed by atoms with Crippen molar-refractivity contribution in [2.45, 2.75) is 25.9 Å². The summed E-state index contributed by atoms with van der Waals surface area (Å²) in [7, 11) is 1.85. The van der Waals surface area contributed by atoms with Gasteiger partial charge in [-0.05, 0) is 37.5 Å². The Bertz CT molecular complexity index is 442. The number of aliphatic hydroxyl groups is 1. The Morgan fingerprint density at radius 1 is 1.53 bits per heavy atom. The second-order valence-electron chi connectivity index (χ2n) is 5.07. The van der Waals surface area contributed by atoms with Crippen LogP contribution in [0.15, 0.2) is 18.3 Å². The van der Waals surface area contributed by atoms with Crippen molar-refractivity contribution in [3.63, 3.8) is 0 Å². The van der Waals surface area contributed by atoms with Crippen LogP contribution in [0.1, 0.15) is 31.4 Å². The van der Waals surface area contributed by atoms with Crippen molar-refractivity contribution in [2.24, 2.45) is 0 Å². The fourth-order valence-electron chi connectivity index (χ4n) is 2.25. The van der Waals surface area contributed by atoms with Gasteiger partial charge in [0, 0.05) is 26.3 Å². The molecular formula is C14H21N3O2. The van der Waals surface area contributed by atoms with Crippen molar-refractivity contribution in [2.75, 3.05) is 31.6 Å². The van der Waals surface area contributed by atoms with Crippen LogP contribution in [0.25, 0.3) is 0 Å². The van der Waals surface area contributed by atoms with E-state index in [4.69, 9.17) is 0 Å². The maximum absolute atomic E-state index is 12.1. The first-order chi connectivity index (χ1) is 9.08.